The van der Waals surface area contributed by atoms with E-state index in [1.807, 2.05) is 10.8 Å². The highest BCUT2D eigenvalue weighted by Crippen LogP contribution is 2.34. The zero-order valence-electron chi connectivity index (χ0n) is 15.0. The molecule has 0 bridgehead atoms. The maximum Gasteiger partial charge on any atom is 0.319 e. The number of hydrogen-bond donors (Lipinski definition) is 2. The van der Waals surface area contributed by atoms with E-state index in [-0.39, 0.29) is 6.03 Å². The summed E-state index contributed by atoms with van der Waals surface area (Å²) in [6.45, 7) is 0.921. The molecule has 1 aromatic carbocycles. The number of nitrogens with one attached hydrogen (secondary N) is 2. The van der Waals surface area contributed by atoms with Crippen LogP contribution in [0.4, 0.5) is 10.5 Å². The lowest BCUT2D eigenvalue weighted by molar-refractivity contribution is 0.251. The quantitative estimate of drug-likeness (QED) is 0.663. The maximum atomic E-state index is 12.2. The topological polar surface area (TPSA) is 103 Å². The average molecular weight is 368 g/mol. The number of imidazole rings is 1. The van der Waals surface area contributed by atoms with Gasteiger partial charge in [0.2, 0.25) is 0 Å². The SMILES string of the molecule is COc1cccc(NC(=O)NCCn2ccnc2-c2ncccn2)c1OC. The van der Waals surface area contributed by atoms with Crippen LogP contribution in [0.25, 0.3) is 11.6 Å². The molecule has 0 saturated heterocycles. The Labute approximate surface area is 156 Å². The van der Waals surface area contributed by atoms with Crippen molar-refractivity contribution in [2.24, 2.45) is 0 Å². The minimum atomic E-state index is -0.348. The molecular formula is C18H20N6O3. The molecule has 0 saturated carbocycles. The fraction of sp³-hybridized carbons (Fsp3) is 0.222. The van der Waals surface area contributed by atoms with E-state index in [2.05, 4.69) is 25.6 Å². The summed E-state index contributed by atoms with van der Waals surface area (Å²) in [7, 11) is 3.06. The molecule has 0 aliphatic rings. The summed E-state index contributed by atoms with van der Waals surface area (Å²) in [4.78, 5) is 24.9. The largest absolute Gasteiger partial charge is 0.493 e. The van der Waals surface area contributed by atoms with Gasteiger partial charge in [0.25, 0.3) is 0 Å². The molecule has 0 aliphatic heterocycles. The summed E-state index contributed by atoms with van der Waals surface area (Å²) < 4.78 is 12.4. The van der Waals surface area contributed by atoms with Crippen LogP contribution in [0.15, 0.2) is 49.1 Å². The second-order valence-electron chi connectivity index (χ2n) is 5.44. The Morgan fingerprint density at radius 1 is 1.07 bits per heavy atom. The number of para-hydroxylation sites is 1. The van der Waals surface area contributed by atoms with E-state index in [1.165, 1.54) is 7.11 Å². The predicted octanol–water partition coefficient (Wildman–Crippen LogP) is 2.18. The Balaban J connectivity index is 1.58. The normalized spacial score (nSPS) is 10.3. The number of hydrogen-bond acceptors (Lipinski definition) is 6. The van der Waals surface area contributed by atoms with Crippen LogP contribution in [0, 0.1) is 0 Å². The van der Waals surface area contributed by atoms with E-state index in [9.17, 15) is 4.79 Å². The second kappa shape index (κ2) is 8.65. The minimum absolute atomic E-state index is 0.348. The van der Waals surface area contributed by atoms with Crippen LogP contribution >= 0.6 is 0 Å². The molecule has 0 spiro atoms. The smallest absolute Gasteiger partial charge is 0.319 e. The van der Waals surface area contributed by atoms with Gasteiger partial charge in [-0.15, -0.1) is 0 Å². The van der Waals surface area contributed by atoms with Gasteiger partial charge in [-0.25, -0.2) is 19.7 Å². The molecule has 2 aromatic heterocycles. The van der Waals surface area contributed by atoms with E-state index in [0.717, 1.165) is 0 Å². The first-order valence-electron chi connectivity index (χ1n) is 8.27. The number of amides is 2. The van der Waals surface area contributed by atoms with Crippen molar-refractivity contribution in [3.63, 3.8) is 0 Å². The van der Waals surface area contributed by atoms with Gasteiger partial charge < -0.3 is 24.7 Å². The molecule has 27 heavy (non-hydrogen) atoms. The summed E-state index contributed by atoms with van der Waals surface area (Å²) in [5.74, 6) is 2.19. The van der Waals surface area contributed by atoms with E-state index in [4.69, 9.17) is 9.47 Å². The number of methoxy groups -OCH3 is 2. The standard InChI is InChI=1S/C18H20N6O3/c1-26-14-6-3-5-13(15(14)27-2)23-18(25)22-10-12-24-11-9-21-17(24)16-19-7-4-8-20-16/h3-9,11H,10,12H2,1-2H3,(H2,22,23,25). The summed E-state index contributed by atoms with van der Waals surface area (Å²) >= 11 is 0. The number of ether oxygens (including phenoxy) is 2. The third kappa shape index (κ3) is 4.32. The minimum Gasteiger partial charge on any atom is -0.493 e. The predicted molar refractivity (Wildman–Crippen MR) is 99.8 cm³/mol. The molecule has 3 aromatic rings. The summed E-state index contributed by atoms with van der Waals surface area (Å²) in [5, 5.41) is 5.56. The third-order valence-corrected chi connectivity index (χ3v) is 3.77. The number of anilines is 1. The van der Waals surface area contributed by atoms with Gasteiger partial charge in [-0.3, -0.25) is 0 Å². The van der Waals surface area contributed by atoms with Gasteiger partial charge in [0, 0.05) is 37.9 Å². The highest BCUT2D eigenvalue weighted by atomic mass is 16.5. The fourth-order valence-electron chi connectivity index (χ4n) is 2.55. The first-order valence-corrected chi connectivity index (χ1v) is 8.27. The van der Waals surface area contributed by atoms with Crippen LogP contribution in [0.3, 0.4) is 0 Å². The lowest BCUT2D eigenvalue weighted by Crippen LogP contribution is -2.31. The Kier molecular flexibility index (Phi) is 5.83. The molecular weight excluding hydrogens is 348 g/mol. The van der Waals surface area contributed by atoms with Crippen LogP contribution in [0.2, 0.25) is 0 Å². The zero-order valence-corrected chi connectivity index (χ0v) is 15.0. The van der Waals surface area contributed by atoms with Crippen molar-refractivity contribution >= 4 is 11.7 Å². The van der Waals surface area contributed by atoms with Crippen molar-refractivity contribution in [3.8, 4) is 23.1 Å². The van der Waals surface area contributed by atoms with Gasteiger partial charge in [-0.05, 0) is 18.2 Å². The number of rotatable bonds is 7. The van der Waals surface area contributed by atoms with Crippen LogP contribution in [0.5, 0.6) is 11.5 Å². The van der Waals surface area contributed by atoms with Crippen molar-refractivity contribution in [3.05, 3.63) is 49.1 Å². The number of carbonyl (C=O) groups excluding carboxylic acids is 1. The van der Waals surface area contributed by atoms with Gasteiger partial charge in [0.05, 0.1) is 19.9 Å². The highest BCUT2D eigenvalue weighted by molar-refractivity contribution is 5.91. The molecule has 3 rings (SSSR count). The van der Waals surface area contributed by atoms with E-state index in [1.54, 1.807) is 50.0 Å². The Bertz CT molecular complexity index is 897. The number of nitrogens with zero attached hydrogens (tertiary/aromatic N) is 4. The Morgan fingerprint density at radius 2 is 1.89 bits per heavy atom. The van der Waals surface area contributed by atoms with E-state index < -0.39 is 0 Å². The Hall–Kier alpha value is -3.62. The summed E-state index contributed by atoms with van der Waals surface area (Å²) in [5.41, 5.74) is 0.523. The molecule has 9 heteroatoms. The number of carbonyl (C=O) groups is 1. The van der Waals surface area contributed by atoms with Gasteiger partial charge >= 0.3 is 6.03 Å². The zero-order chi connectivity index (χ0) is 19.1. The van der Waals surface area contributed by atoms with Crippen LogP contribution < -0.4 is 20.1 Å². The maximum absolute atomic E-state index is 12.2. The van der Waals surface area contributed by atoms with Gasteiger partial charge in [0.15, 0.2) is 23.1 Å². The second-order valence-corrected chi connectivity index (χ2v) is 5.44. The summed E-state index contributed by atoms with van der Waals surface area (Å²) in [6, 6.07) is 6.67. The molecule has 0 radical (unpaired) electrons. The summed E-state index contributed by atoms with van der Waals surface area (Å²) in [6.07, 6.45) is 6.81. The van der Waals surface area contributed by atoms with Gasteiger partial charge in [0.1, 0.15) is 0 Å². The van der Waals surface area contributed by atoms with Crippen molar-refractivity contribution in [2.45, 2.75) is 6.54 Å². The monoisotopic (exact) mass is 368 g/mol. The van der Waals surface area contributed by atoms with Crippen molar-refractivity contribution in [1.82, 2.24) is 24.8 Å². The lowest BCUT2D eigenvalue weighted by atomic mass is 10.2. The highest BCUT2D eigenvalue weighted by Gasteiger charge is 2.12. The van der Waals surface area contributed by atoms with E-state index >= 15 is 0 Å². The van der Waals surface area contributed by atoms with Crippen LogP contribution in [0.1, 0.15) is 0 Å². The van der Waals surface area contributed by atoms with Gasteiger partial charge in [-0.1, -0.05) is 6.07 Å². The molecule has 0 atom stereocenters. The molecule has 0 aliphatic carbocycles. The average Bonchev–Trinajstić information content (AvgIpc) is 3.17. The molecule has 0 fully saturated rings. The number of aromatic nitrogens is 4. The van der Waals surface area contributed by atoms with Crippen LogP contribution in [-0.4, -0.2) is 46.3 Å². The Morgan fingerprint density at radius 3 is 2.63 bits per heavy atom. The molecule has 2 amide bonds. The molecule has 9 nitrogen and oxygen atoms in total. The first-order chi connectivity index (χ1) is 13.2. The lowest BCUT2D eigenvalue weighted by Gasteiger charge is -2.14. The van der Waals surface area contributed by atoms with Gasteiger partial charge in [-0.2, -0.15) is 0 Å². The molecule has 2 heterocycles. The third-order valence-electron chi connectivity index (χ3n) is 3.77. The molecule has 0 unspecified atom stereocenters. The van der Waals surface area contributed by atoms with Crippen LogP contribution in [-0.2, 0) is 6.54 Å². The number of benzene rings is 1. The van der Waals surface area contributed by atoms with Crippen molar-refractivity contribution in [1.29, 1.82) is 0 Å². The van der Waals surface area contributed by atoms with Crippen molar-refractivity contribution in [2.75, 3.05) is 26.1 Å². The fourth-order valence-corrected chi connectivity index (χ4v) is 2.55. The van der Waals surface area contributed by atoms with Crippen molar-refractivity contribution < 1.29 is 14.3 Å². The first kappa shape index (κ1) is 18.2. The molecule has 140 valence electrons. The van der Waals surface area contributed by atoms with E-state index in [0.29, 0.717) is 41.9 Å². The molecule has 2 N–H and O–H groups in total. The number of urea groups is 1.